The van der Waals surface area contributed by atoms with E-state index in [9.17, 15) is 4.79 Å². The summed E-state index contributed by atoms with van der Waals surface area (Å²) in [7, 11) is 0. The zero-order valence-electron chi connectivity index (χ0n) is 12.0. The van der Waals surface area contributed by atoms with E-state index in [4.69, 9.17) is 0 Å². The van der Waals surface area contributed by atoms with Crippen LogP contribution in [0.3, 0.4) is 0 Å². The molecule has 0 bridgehead atoms. The van der Waals surface area contributed by atoms with Crippen molar-refractivity contribution >= 4 is 44.2 Å². The van der Waals surface area contributed by atoms with Crippen LogP contribution in [0.25, 0.3) is 10.8 Å². The summed E-state index contributed by atoms with van der Waals surface area (Å²) in [4.78, 5) is 18.3. The van der Waals surface area contributed by atoms with Crippen LogP contribution in [0, 0.1) is 0 Å². The Morgan fingerprint density at radius 3 is 2.71 bits per heavy atom. The standard InChI is InChI=1S/C16H18BrN3O/c1-11(21)18-15-10-12-9-13(17)5-6-14(12)16(19-15)20-7-3-2-4-8-20/h5-6,9-10H,2-4,7-8H2,1H3,(H,18,19,21). The lowest BCUT2D eigenvalue weighted by atomic mass is 10.1. The number of hydrogen-bond acceptors (Lipinski definition) is 3. The van der Waals surface area contributed by atoms with E-state index < -0.39 is 0 Å². The molecule has 0 radical (unpaired) electrons. The van der Waals surface area contributed by atoms with Crippen molar-refractivity contribution in [3.63, 3.8) is 0 Å². The number of halogens is 1. The smallest absolute Gasteiger partial charge is 0.222 e. The van der Waals surface area contributed by atoms with Gasteiger partial charge in [-0.05, 0) is 48.9 Å². The van der Waals surface area contributed by atoms with Crippen LogP contribution in [-0.2, 0) is 4.79 Å². The number of nitrogens with zero attached hydrogens (tertiary/aromatic N) is 2. The number of amides is 1. The number of carbonyl (C=O) groups excluding carboxylic acids is 1. The van der Waals surface area contributed by atoms with E-state index in [0.717, 1.165) is 34.2 Å². The van der Waals surface area contributed by atoms with Gasteiger partial charge in [-0.1, -0.05) is 15.9 Å². The number of aromatic nitrogens is 1. The Labute approximate surface area is 132 Å². The van der Waals surface area contributed by atoms with Crippen molar-refractivity contribution < 1.29 is 4.79 Å². The minimum atomic E-state index is -0.0959. The fourth-order valence-electron chi connectivity index (χ4n) is 2.80. The van der Waals surface area contributed by atoms with Crippen molar-refractivity contribution in [2.45, 2.75) is 26.2 Å². The molecule has 0 spiro atoms. The maximum Gasteiger partial charge on any atom is 0.222 e. The maximum absolute atomic E-state index is 11.3. The van der Waals surface area contributed by atoms with Crippen molar-refractivity contribution in [2.75, 3.05) is 23.3 Å². The minimum Gasteiger partial charge on any atom is -0.356 e. The first kappa shape index (κ1) is 14.3. The van der Waals surface area contributed by atoms with Gasteiger partial charge >= 0.3 is 0 Å². The molecule has 3 rings (SSSR count). The molecule has 1 aliphatic rings. The summed E-state index contributed by atoms with van der Waals surface area (Å²) in [6.45, 7) is 3.57. The first-order chi connectivity index (χ1) is 10.1. The van der Waals surface area contributed by atoms with E-state index in [0.29, 0.717) is 5.82 Å². The lowest BCUT2D eigenvalue weighted by Gasteiger charge is -2.29. The van der Waals surface area contributed by atoms with Gasteiger partial charge in [0.25, 0.3) is 0 Å². The zero-order valence-corrected chi connectivity index (χ0v) is 13.6. The van der Waals surface area contributed by atoms with Crippen molar-refractivity contribution in [3.05, 3.63) is 28.7 Å². The molecule has 0 unspecified atom stereocenters. The van der Waals surface area contributed by atoms with Gasteiger partial charge in [0, 0.05) is 29.9 Å². The molecule has 0 atom stereocenters. The SMILES string of the molecule is CC(=O)Nc1cc2cc(Br)ccc2c(N2CCCCC2)n1. The van der Waals surface area contributed by atoms with Crippen LogP contribution in [-0.4, -0.2) is 24.0 Å². The predicted molar refractivity (Wildman–Crippen MR) is 89.8 cm³/mol. The Balaban J connectivity index is 2.12. The summed E-state index contributed by atoms with van der Waals surface area (Å²) in [5, 5.41) is 5.02. The number of piperidine rings is 1. The molecule has 21 heavy (non-hydrogen) atoms. The van der Waals surface area contributed by atoms with E-state index >= 15 is 0 Å². The maximum atomic E-state index is 11.3. The first-order valence-corrected chi connectivity index (χ1v) is 8.05. The summed E-state index contributed by atoms with van der Waals surface area (Å²) in [5.41, 5.74) is 0. The molecule has 5 heteroatoms. The van der Waals surface area contributed by atoms with Crippen molar-refractivity contribution in [1.82, 2.24) is 4.98 Å². The topological polar surface area (TPSA) is 45.2 Å². The quantitative estimate of drug-likeness (QED) is 0.894. The zero-order chi connectivity index (χ0) is 14.8. The Bertz CT molecular complexity index is 681. The minimum absolute atomic E-state index is 0.0959. The van der Waals surface area contributed by atoms with E-state index in [-0.39, 0.29) is 5.91 Å². The molecule has 0 aliphatic carbocycles. The number of pyridine rings is 1. The first-order valence-electron chi connectivity index (χ1n) is 7.26. The number of carbonyl (C=O) groups is 1. The second kappa shape index (κ2) is 6.02. The molecule has 1 N–H and O–H groups in total. The molecule has 1 aliphatic heterocycles. The molecule has 0 saturated carbocycles. The average molecular weight is 348 g/mol. The van der Waals surface area contributed by atoms with Gasteiger partial charge in [0.05, 0.1) is 0 Å². The van der Waals surface area contributed by atoms with Crippen molar-refractivity contribution in [3.8, 4) is 0 Å². The molecule has 1 saturated heterocycles. The Morgan fingerprint density at radius 2 is 2.00 bits per heavy atom. The van der Waals surface area contributed by atoms with Crippen LogP contribution in [0.1, 0.15) is 26.2 Å². The highest BCUT2D eigenvalue weighted by Gasteiger charge is 2.16. The van der Waals surface area contributed by atoms with Gasteiger partial charge < -0.3 is 10.2 Å². The normalized spacial score (nSPS) is 15.2. The monoisotopic (exact) mass is 347 g/mol. The average Bonchev–Trinajstić information content (AvgIpc) is 2.46. The highest BCUT2D eigenvalue weighted by Crippen LogP contribution is 2.31. The molecule has 1 amide bonds. The van der Waals surface area contributed by atoms with E-state index in [1.54, 1.807) is 0 Å². The molecule has 1 aromatic carbocycles. The highest BCUT2D eigenvalue weighted by molar-refractivity contribution is 9.10. The summed E-state index contributed by atoms with van der Waals surface area (Å²) in [6.07, 6.45) is 3.68. The summed E-state index contributed by atoms with van der Waals surface area (Å²) < 4.78 is 1.03. The van der Waals surface area contributed by atoms with E-state index in [1.807, 2.05) is 12.1 Å². The molecule has 1 aromatic heterocycles. The molecular weight excluding hydrogens is 330 g/mol. The second-order valence-corrected chi connectivity index (χ2v) is 6.34. The van der Waals surface area contributed by atoms with Crippen LogP contribution < -0.4 is 10.2 Å². The van der Waals surface area contributed by atoms with Gasteiger partial charge in [-0.25, -0.2) is 4.98 Å². The molecule has 1 fully saturated rings. The van der Waals surface area contributed by atoms with Crippen LogP contribution in [0.2, 0.25) is 0 Å². The highest BCUT2D eigenvalue weighted by atomic mass is 79.9. The van der Waals surface area contributed by atoms with E-state index in [2.05, 4.69) is 43.3 Å². The molecule has 2 heterocycles. The molecule has 110 valence electrons. The van der Waals surface area contributed by atoms with Crippen LogP contribution >= 0.6 is 15.9 Å². The van der Waals surface area contributed by atoms with Crippen LogP contribution in [0.4, 0.5) is 11.6 Å². The second-order valence-electron chi connectivity index (χ2n) is 5.43. The van der Waals surface area contributed by atoms with Crippen molar-refractivity contribution in [1.29, 1.82) is 0 Å². The van der Waals surface area contributed by atoms with Gasteiger partial charge in [0.1, 0.15) is 11.6 Å². The van der Waals surface area contributed by atoms with E-state index in [1.165, 1.54) is 26.2 Å². The number of hydrogen-bond donors (Lipinski definition) is 1. The molecular formula is C16H18BrN3O. The van der Waals surface area contributed by atoms with Crippen LogP contribution in [0.5, 0.6) is 0 Å². The number of fused-ring (bicyclic) bond motifs is 1. The van der Waals surface area contributed by atoms with Gasteiger partial charge in [0.2, 0.25) is 5.91 Å². The summed E-state index contributed by atoms with van der Waals surface area (Å²) in [5.74, 6) is 1.50. The Kier molecular flexibility index (Phi) is 4.10. The Morgan fingerprint density at radius 1 is 1.24 bits per heavy atom. The largest absolute Gasteiger partial charge is 0.356 e. The summed E-state index contributed by atoms with van der Waals surface area (Å²) >= 11 is 3.51. The molecule has 2 aromatic rings. The number of anilines is 2. The lowest BCUT2D eigenvalue weighted by molar-refractivity contribution is -0.114. The lowest BCUT2D eigenvalue weighted by Crippen LogP contribution is -2.30. The third kappa shape index (κ3) is 3.18. The number of nitrogens with one attached hydrogen (secondary N) is 1. The number of benzene rings is 1. The van der Waals surface area contributed by atoms with Gasteiger partial charge in [0.15, 0.2) is 0 Å². The third-order valence-corrected chi connectivity index (χ3v) is 4.23. The van der Waals surface area contributed by atoms with Gasteiger partial charge in [-0.2, -0.15) is 0 Å². The predicted octanol–water partition coefficient (Wildman–Crippen LogP) is 3.95. The molecule has 4 nitrogen and oxygen atoms in total. The summed E-state index contributed by atoms with van der Waals surface area (Å²) in [6, 6.07) is 8.12. The fraction of sp³-hybridized carbons (Fsp3) is 0.375. The fourth-order valence-corrected chi connectivity index (χ4v) is 3.18. The van der Waals surface area contributed by atoms with Gasteiger partial charge in [-0.15, -0.1) is 0 Å². The Hall–Kier alpha value is -1.62. The third-order valence-electron chi connectivity index (χ3n) is 3.73. The van der Waals surface area contributed by atoms with Crippen LogP contribution in [0.15, 0.2) is 28.7 Å². The number of rotatable bonds is 2. The van der Waals surface area contributed by atoms with Gasteiger partial charge in [-0.3, -0.25) is 4.79 Å². The van der Waals surface area contributed by atoms with Crippen molar-refractivity contribution in [2.24, 2.45) is 0 Å².